The highest BCUT2D eigenvalue weighted by Crippen LogP contribution is 2.16. The second-order valence-electron chi connectivity index (χ2n) is 6.69. The second-order valence-corrected chi connectivity index (χ2v) is 8.07. The van der Waals surface area contributed by atoms with Crippen molar-refractivity contribution in [3.8, 4) is 5.75 Å². The highest BCUT2D eigenvalue weighted by Gasteiger charge is 2.25. The third-order valence-electron chi connectivity index (χ3n) is 4.61. The summed E-state index contributed by atoms with van der Waals surface area (Å²) in [5.74, 6) is 0.895. The van der Waals surface area contributed by atoms with Crippen molar-refractivity contribution in [2.75, 3.05) is 52.9 Å². The molecule has 0 atom stereocenters. The number of ether oxygens (including phenoxy) is 1. The van der Waals surface area contributed by atoms with Crippen molar-refractivity contribution >= 4 is 34.8 Å². The first-order valence-electron chi connectivity index (χ1n) is 9.20. The first-order valence-corrected chi connectivity index (χ1v) is 10.5. The molecule has 3 rings (SSSR count). The summed E-state index contributed by atoms with van der Waals surface area (Å²) in [5, 5.41) is 2.58. The predicted octanol–water partition coefficient (Wildman–Crippen LogP) is 2.70. The number of thiophene rings is 1. The van der Waals surface area contributed by atoms with Gasteiger partial charge in [-0.3, -0.25) is 14.5 Å². The van der Waals surface area contributed by atoms with Gasteiger partial charge in [0.25, 0.3) is 5.91 Å². The number of carbonyl (C=O) groups excluding carboxylic acids is 2. The second kappa shape index (κ2) is 9.91. The number of halogens is 1. The van der Waals surface area contributed by atoms with Crippen LogP contribution in [0.5, 0.6) is 5.75 Å². The van der Waals surface area contributed by atoms with Crippen LogP contribution in [-0.2, 0) is 4.79 Å². The first-order chi connectivity index (χ1) is 13.5. The summed E-state index contributed by atoms with van der Waals surface area (Å²) in [7, 11) is 1.90. The fourth-order valence-electron chi connectivity index (χ4n) is 2.98. The lowest BCUT2D eigenvalue weighted by Gasteiger charge is -2.35. The molecule has 2 amide bonds. The van der Waals surface area contributed by atoms with E-state index in [1.54, 1.807) is 12.1 Å². The Morgan fingerprint density at radius 3 is 2.43 bits per heavy atom. The Morgan fingerprint density at radius 2 is 1.79 bits per heavy atom. The van der Waals surface area contributed by atoms with Crippen LogP contribution in [-0.4, -0.2) is 79.4 Å². The van der Waals surface area contributed by atoms with Gasteiger partial charge in [0.15, 0.2) is 0 Å². The highest BCUT2D eigenvalue weighted by molar-refractivity contribution is 7.12. The van der Waals surface area contributed by atoms with Gasteiger partial charge in [0, 0.05) is 37.7 Å². The van der Waals surface area contributed by atoms with Crippen molar-refractivity contribution in [3.05, 3.63) is 51.7 Å². The number of rotatable bonds is 7. The first kappa shape index (κ1) is 20.6. The zero-order chi connectivity index (χ0) is 19.9. The summed E-state index contributed by atoms with van der Waals surface area (Å²) in [6.45, 7) is 3.77. The molecule has 150 valence electrons. The molecule has 2 aromatic rings. The summed E-state index contributed by atoms with van der Waals surface area (Å²) >= 11 is 7.30. The molecule has 0 saturated carbocycles. The average Bonchev–Trinajstić information content (AvgIpc) is 3.24. The Bertz CT molecular complexity index is 775. The smallest absolute Gasteiger partial charge is 0.264 e. The summed E-state index contributed by atoms with van der Waals surface area (Å²) in [4.78, 5) is 31.2. The van der Waals surface area contributed by atoms with Crippen LogP contribution in [0.1, 0.15) is 9.67 Å². The maximum absolute atomic E-state index is 12.5. The van der Waals surface area contributed by atoms with Crippen LogP contribution in [0.15, 0.2) is 41.8 Å². The van der Waals surface area contributed by atoms with Crippen LogP contribution < -0.4 is 4.74 Å². The molecule has 0 bridgehead atoms. The molecule has 0 radical (unpaired) electrons. The highest BCUT2D eigenvalue weighted by atomic mass is 35.5. The molecule has 0 aliphatic carbocycles. The fourth-order valence-corrected chi connectivity index (χ4v) is 3.79. The minimum atomic E-state index is 0.0542. The molecule has 1 aliphatic heterocycles. The summed E-state index contributed by atoms with van der Waals surface area (Å²) in [6, 6.07) is 10.9. The van der Waals surface area contributed by atoms with Gasteiger partial charge in [0.05, 0.1) is 11.4 Å². The van der Waals surface area contributed by atoms with E-state index in [4.69, 9.17) is 16.3 Å². The van der Waals surface area contributed by atoms with E-state index < -0.39 is 0 Å². The number of piperazine rings is 1. The molecule has 0 spiro atoms. The number of benzene rings is 1. The van der Waals surface area contributed by atoms with Crippen molar-refractivity contribution in [3.63, 3.8) is 0 Å². The zero-order valence-corrected chi connectivity index (χ0v) is 17.4. The molecule has 0 N–H and O–H groups in total. The summed E-state index contributed by atoms with van der Waals surface area (Å²) in [6.07, 6.45) is 0. The van der Waals surface area contributed by atoms with Crippen LogP contribution >= 0.6 is 22.9 Å². The molecule has 8 heteroatoms. The third kappa shape index (κ3) is 5.70. The van der Waals surface area contributed by atoms with E-state index in [0.29, 0.717) is 50.9 Å². The van der Waals surface area contributed by atoms with Crippen LogP contribution in [0.25, 0.3) is 0 Å². The zero-order valence-electron chi connectivity index (χ0n) is 15.8. The minimum absolute atomic E-state index is 0.0542. The molecular weight excluding hydrogens is 398 g/mol. The Labute approximate surface area is 174 Å². The van der Waals surface area contributed by atoms with Crippen molar-refractivity contribution in [1.82, 2.24) is 14.7 Å². The molecule has 0 unspecified atom stereocenters. The number of likely N-dealkylation sites (N-methyl/N-ethyl adjacent to an activating group) is 1. The van der Waals surface area contributed by atoms with E-state index in [9.17, 15) is 9.59 Å². The van der Waals surface area contributed by atoms with Gasteiger partial charge in [0.1, 0.15) is 12.4 Å². The van der Waals surface area contributed by atoms with Crippen LogP contribution in [0.4, 0.5) is 0 Å². The Hall–Kier alpha value is -2.09. The maximum atomic E-state index is 12.5. The lowest BCUT2D eigenvalue weighted by atomic mass is 10.3. The van der Waals surface area contributed by atoms with Crippen molar-refractivity contribution in [2.45, 2.75) is 0 Å². The molecule has 2 heterocycles. The number of amides is 2. The lowest BCUT2D eigenvalue weighted by molar-refractivity contribution is -0.133. The maximum Gasteiger partial charge on any atom is 0.264 e. The molecule has 1 aromatic heterocycles. The molecule has 6 nitrogen and oxygen atoms in total. The Balaban J connectivity index is 1.36. The Kier molecular flexibility index (Phi) is 7.30. The number of hydrogen-bond acceptors (Lipinski definition) is 5. The van der Waals surface area contributed by atoms with Gasteiger partial charge in [0.2, 0.25) is 5.91 Å². The van der Waals surface area contributed by atoms with E-state index >= 15 is 0 Å². The third-order valence-corrected chi connectivity index (χ3v) is 5.72. The van der Waals surface area contributed by atoms with Crippen molar-refractivity contribution in [1.29, 1.82) is 0 Å². The largest absolute Gasteiger partial charge is 0.492 e. The minimum Gasteiger partial charge on any atom is -0.492 e. The predicted molar refractivity (Wildman–Crippen MR) is 111 cm³/mol. The van der Waals surface area contributed by atoms with Gasteiger partial charge >= 0.3 is 0 Å². The van der Waals surface area contributed by atoms with Crippen LogP contribution in [0.2, 0.25) is 5.02 Å². The monoisotopic (exact) mass is 421 g/mol. The van der Waals surface area contributed by atoms with E-state index in [1.807, 2.05) is 51.4 Å². The molecule has 1 aromatic carbocycles. The van der Waals surface area contributed by atoms with E-state index in [1.165, 1.54) is 11.3 Å². The van der Waals surface area contributed by atoms with Gasteiger partial charge in [-0.25, -0.2) is 0 Å². The topological polar surface area (TPSA) is 53.1 Å². The average molecular weight is 422 g/mol. The number of nitrogens with zero attached hydrogens (tertiary/aromatic N) is 3. The molecule has 1 fully saturated rings. The van der Waals surface area contributed by atoms with E-state index in [0.717, 1.165) is 10.6 Å². The summed E-state index contributed by atoms with van der Waals surface area (Å²) in [5.41, 5.74) is 0. The standard InChI is InChI=1S/C20H24ClN3O3S/c1-22(12-13-27-17-6-4-16(21)5-7-17)15-19(25)23-8-10-24(11-9-23)20(26)18-3-2-14-28-18/h2-7,14H,8-13,15H2,1H3. The molecule has 1 aliphatic rings. The molecular formula is C20H24ClN3O3S. The quantitative estimate of drug-likeness (QED) is 0.689. The van der Waals surface area contributed by atoms with Crippen LogP contribution in [0.3, 0.4) is 0 Å². The normalized spacial score (nSPS) is 14.4. The van der Waals surface area contributed by atoms with Gasteiger partial charge in [-0.1, -0.05) is 17.7 Å². The van der Waals surface area contributed by atoms with Gasteiger partial charge in [-0.05, 0) is 42.8 Å². The fraction of sp³-hybridized carbons (Fsp3) is 0.400. The van der Waals surface area contributed by atoms with Crippen LogP contribution in [0, 0.1) is 0 Å². The number of carbonyl (C=O) groups is 2. The number of hydrogen-bond donors (Lipinski definition) is 0. The SMILES string of the molecule is CN(CCOc1ccc(Cl)cc1)CC(=O)N1CCN(C(=O)c2cccs2)CC1. The van der Waals surface area contributed by atoms with Crippen molar-refractivity contribution < 1.29 is 14.3 Å². The molecule has 28 heavy (non-hydrogen) atoms. The van der Waals surface area contributed by atoms with Gasteiger partial charge in [-0.15, -0.1) is 11.3 Å². The summed E-state index contributed by atoms with van der Waals surface area (Å²) < 4.78 is 5.67. The van der Waals surface area contributed by atoms with Gasteiger partial charge in [-0.2, -0.15) is 0 Å². The van der Waals surface area contributed by atoms with E-state index in [2.05, 4.69) is 0 Å². The van der Waals surface area contributed by atoms with E-state index in [-0.39, 0.29) is 11.8 Å². The lowest BCUT2D eigenvalue weighted by Crippen LogP contribution is -2.52. The Morgan fingerprint density at radius 1 is 1.11 bits per heavy atom. The van der Waals surface area contributed by atoms with Crippen molar-refractivity contribution in [2.24, 2.45) is 0 Å². The van der Waals surface area contributed by atoms with Gasteiger partial charge < -0.3 is 14.5 Å². The molecule has 1 saturated heterocycles.